The third kappa shape index (κ3) is 7.45. The van der Waals surface area contributed by atoms with Gasteiger partial charge in [-0.25, -0.2) is 29.7 Å². The molecule has 0 radical (unpaired) electrons. The van der Waals surface area contributed by atoms with E-state index in [4.69, 9.17) is 23.2 Å². The van der Waals surface area contributed by atoms with E-state index in [0.717, 1.165) is 24.8 Å². The molecule has 4 aromatic rings. The van der Waals surface area contributed by atoms with Crippen molar-refractivity contribution in [2.45, 2.75) is 12.4 Å². The number of ether oxygens (including phenoxy) is 1. The first-order chi connectivity index (χ1) is 18.7. The number of pyridine rings is 2. The van der Waals surface area contributed by atoms with E-state index in [9.17, 15) is 35.9 Å². The average Bonchev–Trinajstić information content (AvgIpc) is 2.93. The Morgan fingerprint density at radius 3 is 1.55 bits per heavy atom. The van der Waals surface area contributed by atoms with Crippen molar-refractivity contribution in [1.82, 2.24) is 29.9 Å². The molecule has 208 valence electrons. The fourth-order valence-corrected chi connectivity index (χ4v) is 3.27. The summed E-state index contributed by atoms with van der Waals surface area (Å²) in [6.07, 6.45) is -2.37. The second-order valence-corrected chi connectivity index (χ2v) is 8.15. The second kappa shape index (κ2) is 12.3. The average molecular weight is 605 g/mol. The Hall–Kier alpha value is -4.24. The number of hydrogen-bond acceptors (Lipinski definition) is 9. The molecule has 0 spiro atoms. The fraction of sp³-hybridized carbons (Fsp3) is 0.130. The van der Waals surface area contributed by atoms with E-state index in [0.29, 0.717) is 11.8 Å². The number of carbonyl (C=O) groups is 2. The maximum absolute atomic E-state index is 12.4. The summed E-state index contributed by atoms with van der Waals surface area (Å²) in [5.41, 5.74) is 1.19. The van der Waals surface area contributed by atoms with Gasteiger partial charge >= 0.3 is 18.3 Å². The van der Waals surface area contributed by atoms with Crippen LogP contribution in [0, 0.1) is 0 Å². The number of alkyl halides is 6. The minimum atomic E-state index is -4.63. The lowest BCUT2D eigenvalue weighted by Gasteiger charge is -2.08. The molecule has 0 aliphatic rings. The molecule has 0 amide bonds. The Bertz CT molecular complexity index is 1520. The highest BCUT2D eigenvalue weighted by molar-refractivity contribution is 6.33. The lowest BCUT2D eigenvalue weighted by molar-refractivity contribution is -0.145. The number of aldehydes is 1. The molecular formula is C23H12Cl2F6N6O3. The molecule has 4 heterocycles. The molecule has 4 rings (SSSR count). The van der Waals surface area contributed by atoms with Gasteiger partial charge in [0, 0.05) is 59.4 Å². The van der Waals surface area contributed by atoms with Crippen molar-refractivity contribution in [1.29, 1.82) is 0 Å². The Kier molecular flexibility index (Phi) is 9.32. The van der Waals surface area contributed by atoms with E-state index in [2.05, 4.69) is 34.6 Å². The van der Waals surface area contributed by atoms with Crippen LogP contribution >= 0.6 is 23.2 Å². The molecule has 0 aliphatic heterocycles. The van der Waals surface area contributed by atoms with Crippen molar-refractivity contribution in [3.05, 3.63) is 82.4 Å². The molecule has 0 aromatic carbocycles. The topological polar surface area (TPSA) is 121 Å². The summed E-state index contributed by atoms with van der Waals surface area (Å²) < 4.78 is 78.6. The SMILES string of the molecule is COC(=O)c1cc(-c2cnc(C(F)(F)F)nc2)c(Cl)cn1.O=Cc1cc(-c2cnc(C(F)(F)F)nc2)c(Cl)cn1. The third-order valence-corrected chi connectivity index (χ3v) is 5.28. The van der Waals surface area contributed by atoms with E-state index in [1.165, 1.54) is 31.6 Å². The van der Waals surface area contributed by atoms with Gasteiger partial charge in [0.1, 0.15) is 11.4 Å². The van der Waals surface area contributed by atoms with Crippen LogP contribution in [0.3, 0.4) is 0 Å². The summed E-state index contributed by atoms with van der Waals surface area (Å²) in [5.74, 6) is -3.19. The highest BCUT2D eigenvalue weighted by Gasteiger charge is 2.35. The van der Waals surface area contributed by atoms with Crippen LogP contribution in [0.25, 0.3) is 22.3 Å². The molecule has 0 saturated carbocycles. The maximum atomic E-state index is 12.4. The van der Waals surface area contributed by atoms with Crippen LogP contribution in [0.4, 0.5) is 26.3 Å². The Morgan fingerprint density at radius 1 is 0.725 bits per heavy atom. The first kappa shape index (κ1) is 30.3. The van der Waals surface area contributed by atoms with E-state index in [1.54, 1.807) is 0 Å². The van der Waals surface area contributed by atoms with Crippen LogP contribution in [0.2, 0.25) is 10.0 Å². The zero-order valence-corrected chi connectivity index (χ0v) is 21.1. The number of aromatic nitrogens is 6. The zero-order valence-electron chi connectivity index (χ0n) is 19.6. The first-order valence-corrected chi connectivity index (χ1v) is 11.1. The van der Waals surface area contributed by atoms with Crippen molar-refractivity contribution in [3.63, 3.8) is 0 Å². The Labute approximate surface area is 230 Å². The van der Waals surface area contributed by atoms with E-state index >= 15 is 0 Å². The summed E-state index contributed by atoms with van der Waals surface area (Å²) in [4.78, 5) is 42.4. The summed E-state index contributed by atoms with van der Waals surface area (Å²) in [6, 6.07) is 2.64. The van der Waals surface area contributed by atoms with Crippen LogP contribution in [0.15, 0.2) is 49.3 Å². The Balaban J connectivity index is 0.000000222. The molecule has 0 N–H and O–H groups in total. The molecule has 0 unspecified atom stereocenters. The quantitative estimate of drug-likeness (QED) is 0.156. The molecule has 9 nitrogen and oxygen atoms in total. The molecule has 0 bridgehead atoms. The lowest BCUT2D eigenvalue weighted by atomic mass is 10.1. The van der Waals surface area contributed by atoms with E-state index in [1.807, 2.05) is 0 Å². The molecule has 4 aromatic heterocycles. The van der Waals surface area contributed by atoms with Crippen molar-refractivity contribution in [3.8, 4) is 22.3 Å². The van der Waals surface area contributed by atoms with Crippen molar-refractivity contribution >= 4 is 35.5 Å². The first-order valence-electron chi connectivity index (χ1n) is 10.4. The van der Waals surface area contributed by atoms with Crippen LogP contribution in [-0.4, -0.2) is 49.3 Å². The van der Waals surface area contributed by atoms with E-state index < -0.39 is 30.0 Å². The number of nitrogens with zero attached hydrogens (tertiary/aromatic N) is 6. The van der Waals surface area contributed by atoms with Crippen LogP contribution in [-0.2, 0) is 17.1 Å². The minimum absolute atomic E-state index is 0.0307. The number of methoxy groups -OCH3 is 1. The zero-order chi connectivity index (χ0) is 29.7. The van der Waals surface area contributed by atoms with Crippen LogP contribution in [0.5, 0.6) is 0 Å². The van der Waals surface area contributed by atoms with Gasteiger partial charge in [0.2, 0.25) is 11.6 Å². The van der Waals surface area contributed by atoms with Gasteiger partial charge in [-0.15, -0.1) is 0 Å². The largest absolute Gasteiger partial charge is 0.464 e. The number of halogens is 8. The number of rotatable bonds is 4. The molecule has 40 heavy (non-hydrogen) atoms. The van der Waals surface area contributed by atoms with Crippen molar-refractivity contribution < 1.29 is 40.7 Å². The standard InChI is InChI=1S/C12H7ClF3N3O2.C11H5ClF3N3O/c1-21-10(20)9-2-7(8(13)5-17-9)6-3-18-11(19-4-6)12(14,15)16;12-9-4-16-7(5-19)1-8(9)6-2-17-10(18-3-6)11(13,14)15/h2-5H,1H3;1-5H. The van der Waals surface area contributed by atoms with Gasteiger partial charge in [0.15, 0.2) is 6.29 Å². The molecule has 0 atom stereocenters. The van der Waals surface area contributed by atoms with Crippen molar-refractivity contribution in [2.75, 3.05) is 7.11 Å². The van der Waals surface area contributed by atoms with E-state index in [-0.39, 0.29) is 38.1 Å². The maximum Gasteiger partial charge on any atom is 0.451 e. The highest BCUT2D eigenvalue weighted by Crippen LogP contribution is 2.31. The molecule has 0 aliphatic carbocycles. The minimum Gasteiger partial charge on any atom is -0.464 e. The Morgan fingerprint density at radius 2 is 1.15 bits per heavy atom. The monoisotopic (exact) mass is 604 g/mol. The van der Waals surface area contributed by atoms with Gasteiger partial charge < -0.3 is 4.74 Å². The molecule has 0 fully saturated rings. The van der Waals surface area contributed by atoms with Crippen LogP contribution in [0.1, 0.15) is 32.6 Å². The van der Waals surface area contributed by atoms with Gasteiger partial charge in [0.25, 0.3) is 0 Å². The lowest BCUT2D eigenvalue weighted by Crippen LogP contribution is -2.10. The number of hydrogen-bond donors (Lipinski definition) is 0. The summed E-state index contributed by atoms with van der Waals surface area (Å²) >= 11 is 11.8. The number of esters is 1. The molecule has 0 saturated heterocycles. The highest BCUT2D eigenvalue weighted by atomic mass is 35.5. The van der Waals surface area contributed by atoms with Crippen LogP contribution < -0.4 is 0 Å². The summed E-state index contributed by atoms with van der Waals surface area (Å²) in [5, 5.41) is 0.333. The van der Waals surface area contributed by atoms with Gasteiger partial charge in [0.05, 0.1) is 17.2 Å². The van der Waals surface area contributed by atoms with Gasteiger partial charge in [-0.2, -0.15) is 26.3 Å². The number of carbonyl (C=O) groups excluding carboxylic acids is 2. The van der Waals surface area contributed by atoms with Gasteiger partial charge in [-0.1, -0.05) is 23.2 Å². The molecule has 17 heteroatoms. The fourth-order valence-electron chi connectivity index (χ4n) is 2.84. The summed E-state index contributed by atoms with van der Waals surface area (Å²) in [6.45, 7) is 0. The molecular weight excluding hydrogens is 593 g/mol. The smallest absolute Gasteiger partial charge is 0.451 e. The second-order valence-electron chi connectivity index (χ2n) is 7.33. The predicted molar refractivity (Wildman–Crippen MR) is 127 cm³/mol. The third-order valence-electron chi connectivity index (χ3n) is 4.68. The summed E-state index contributed by atoms with van der Waals surface area (Å²) in [7, 11) is 1.18. The normalized spacial score (nSPS) is 11.3. The predicted octanol–water partition coefficient (Wildman–Crippen LogP) is 6.02. The van der Waals surface area contributed by atoms with Gasteiger partial charge in [-0.05, 0) is 12.1 Å². The van der Waals surface area contributed by atoms with Gasteiger partial charge in [-0.3, -0.25) is 9.78 Å². The van der Waals surface area contributed by atoms with Crippen molar-refractivity contribution in [2.24, 2.45) is 0 Å².